The number of carbonyl (C=O) groups is 3. The average molecular weight is 972 g/mol. The molecule has 5 N–H and O–H groups in total. The molecule has 0 aliphatic heterocycles. The molecule has 4 aromatic heterocycles. The molecule has 8 rings (SSSR count). The molecule has 2 fully saturated rings. The molecule has 6 aromatic rings. The molecule has 2 saturated carbocycles. The zero-order valence-electron chi connectivity index (χ0n) is 41.3. The maximum absolute atomic E-state index is 12.5. The summed E-state index contributed by atoms with van der Waals surface area (Å²) >= 11 is 0. The second-order valence-electron chi connectivity index (χ2n) is 19.3. The average Bonchev–Trinajstić information content (AvgIpc) is 4.01. The van der Waals surface area contributed by atoms with Crippen LogP contribution in [0, 0.1) is 37.5 Å². The van der Waals surface area contributed by atoms with Gasteiger partial charge >= 0.3 is 29.6 Å². The van der Waals surface area contributed by atoms with E-state index in [0.29, 0.717) is 54.6 Å². The summed E-state index contributed by atoms with van der Waals surface area (Å²) < 4.78 is 10.0. The zero-order chi connectivity index (χ0) is 47.9. The van der Waals surface area contributed by atoms with Crippen molar-refractivity contribution >= 4 is 47.9 Å². The molecule has 2 amide bonds. The van der Waals surface area contributed by atoms with Crippen LogP contribution < -0.4 is 45.9 Å². The van der Waals surface area contributed by atoms with E-state index >= 15 is 0 Å². The minimum absolute atomic E-state index is 0. The van der Waals surface area contributed by atoms with Crippen LogP contribution in [0.15, 0.2) is 82.1 Å². The number of nitrogens with zero attached hydrogens (tertiary/aromatic N) is 6. The van der Waals surface area contributed by atoms with E-state index in [4.69, 9.17) is 14.8 Å². The number of halogens is 1. The van der Waals surface area contributed by atoms with Crippen molar-refractivity contribution in [1.29, 1.82) is 0 Å². The fourth-order valence-corrected chi connectivity index (χ4v) is 7.00. The van der Waals surface area contributed by atoms with Gasteiger partial charge in [0, 0.05) is 48.0 Å². The third kappa shape index (κ3) is 16.0. The van der Waals surface area contributed by atoms with Crippen LogP contribution in [0.2, 0.25) is 0 Å². The van der Waals surface area contributed by atoms with Crippen LogP contribution in [-0.4, -0.2) is 59.6 Å². The Morgan fingerprint density at radius 1 is 0.696 bits per heavy atom. The molecule has 2 aliphatic rings. The molecule has 4 heterocycles. The van der Waals surface area contributed by atoms with Gasteiger partial charge in [-0.2, -0.15) is 11.3 Å². The van der Waals surface area contributed by atoms with Crippen LogP contribution in [0.5, 0.6) is 0 Å². The van der Waals surface area contributed by atoms with E-state index in [0.717, 1.165) is 51.8 Å². The van der Waals surface area contributed by atoms with Gasteiger partial charge in [-0.15, -0.1) is 12.4 Å². The first-order chi connectivity index (χ1) is 31.2. The summed E-state index contributed by atoms with van der Waals surface area (Å²) in [6, 6.07) is 20.1. The maximum Gasteiger partial charge on any atom is 1.00 e. The molecule has 0 saturated heterocycles. The Labute approximate surface area is 432 Å². The SMILES string of the molecule is CC(C)(C)c1nc([C-]=O)no1.Cc1cc(-c2ccnc(NC(=O)[C@@H]3C[C@H]3C)c2)ccc1CCC(=O)c1noc(C(C)(C)C)n1.Cc1cc(-c2ccnc(NC(=O)[C@@H]3C[C@H]3C)c2)ccc1CN.Cl.[Na+].[OH-]. The first-order valence-corrected chi connectivity index (χ1v) is 22.3. The minimum Gasteiger partial charge on any atom is -0.870 e. The second-order valence-corrected chi connectivity index (χ2v) is 19.3. The van der Waals surface area contributed by atoms with Crippen LogP contribution in [0.1, 0.15) is 125 Å². The van der Waals surface area contributed by atoms with Gasteiger partial charge in [-0.3, -0.25) is 14.4 Å². The number of ketones is 1. The summed E-state index contributed by atoms with van der Waals surface area (Å²) in [5.74, 6) is 3.41. The van der Waals surface area contributed by atoms with Crippen molar-refractivity contribution in [3.8, 4) is 22.3 Å². The van der Waals surface area contributed by atoms with Gasteiger partial charge < -0.3 is 35.7 Å². The monoisotopic (exact) mass is 970 g/mol. The molecule has 362 valence electrons. The van der Waals surface area contributed by atoms with Gasteiger partial charge in [0.25, 0.3) is 0 Å². The number of rotatable bonds is 12. The standard InChI is InChI=1S/C26H30N4O3.C18H21N3O.C7H9N2O2.ClH.Na.H2O/c1-15-12-18(19-10-11-27-22(14-19)28-24(32)20-13-16(20)2)7-6-17(15)8-9-21(31)23-29-25(33-30-23)26(3,4)5;1-11-7-13(3-4-15(11)10-19)14-5-6-20-17(9-14)21-18(22)16-8-12(16)2;1-7(2,3)6-8-5(4-10)9-11-6;;;/h6-7,10-12,14,16,20H,8-9,13H2,1-5H3,(H,27,28,32);3-7,9,12,16H,8,10,19H2,1-2H3,(H,20,21,22);1-3H3;1H;;1H2/q;;-1;;+1;/p-1/t16-,20-;12-,16-;;;;/m11..../s1. The zero-order valence-corrected chi connectivity index (χ0v) is 44.2. The van der Waals surface area contributed by atoms with Gasteiger partial charge in [-0.05, 0) is 114 Å². The van der Waals surface area contributed by atoms with Crippen molar-refractivity contribution in [1.82, 2.24) is 30.2 Å². The number of nitrogens with one attached hydrogen (secondary N) is 2. The third-order valence-corrected chi connectivity index (χ3v) is 11.6. The Bertz CT molecular complexity index is 2710. The predicted octanol–water partition coefficient (Wildman–Crippen LogP) is 6.33. The van der Waals surface area contributed by atoms with Crippen molar-refractivity contribution in [3.05, 3.63) is 119 Å². The number of anilines is 2. The fraction of sp³-hybridized carbons (Fsp3) is 0.412. The van der Waals surface area contributed by atoms with Crippen molar-refractivity contribution in [3.63, 3.8) is 0 Å². The fourth-order valence-electron chi connectivity index (χ4n) is 7.00. The maximum atomic E-state index is 12.5. The Morgan fingerprint density at radius 2 is 1.13 bits per heavy atom. The van der Waals surface area contributed by atoms with Crippen molar-refractivity contribution in [2.75, 3.05) is 10.6 Å². The number of benzene rings is 2. The molecule has 16 nitrogen and oxygen atoms in total. The van der Waals surface area contributed by atoms with E-state index in [1.807, 2.05) is 84.9 Å². The van der Waals surface area contributed by atoms with Gasteiger partial charge in [-0.1, -0.05) is 102 Å². The van der Waals surface area contributed by atoms with Gasteiger partial charge in [0.15, 0.2) is 0 Å². The summed E-state index contributed by atoms with van der Waals surface area (Å²) in [5, 5.41) is 13.1. The van der Waals surface area contributed by atoms with E-state index in [9.17, 15) is 19.2 Å². The van der Waals surface area contributed by atoms with Crippen LogP contribution >= 0.6 is 12.4 Å². The van der Waals surface area contributed by atoms with E-state index in [1.165, 1.54) is 5.56 Å². The van der Waals surface area contributed by atoms with Crippen LogP contribution in [0.25, 0.3) is 22.3 Å². The Balaban J connectivity index is 0.000000302. The van der Waals surface area contributed by atoms with Crippen molar-refractivity contribution in [2.24, 2.45) is 29.4 Å². The molecule has 69 heavy (non-hydrogen) atoms. The van der Waals surface area contributed by atoms with E-state index in [2.05, 4.69) is 85.9 Å². The summed E-state index contributed by atoms with van der Waals surface area (Å²) in [5.41, 5.74) is 13.9. The van der Waals surface area contributed by atoms with Gasteiger partial charge in [-0.25, -0.2) is 15.0 Å². The normalized spacial score (nSPS) is 16.6. The number of aryl methyl sites for hydroxylation is 3. The minimum atomic E-state index is -0.288. The first-order valence-electron chi connectivity index (χ1n) is 22.3. The van der Waals surface area contributed by atoms with E-state index in [1.54, 1.807) is 18.7 Å². The van der Waals surface area contributed by atoms with E-state index in [-0.39, 0.29) is 99.4 Å². The Hall–Kier alpha value is -5.49. The number of pyridine rings is 2. The molecule has 0 bridgehead atoms. The number of Topliss-reactive ketones (excluding diaryl/α,β-unsaturated/α-hetero) is 1. The molecule has 0 unspecified atom stereocenters. The van der Waals surface area contributed by atoms with Gasteiger partial charge in [0.1, 0.15) is 11.6 Å². The molecular weight excluding hydrogens is 909 g/mol. The number of hydrogen-bond donors (Lipinski definition) is 3. The number of hydrogen-bond acceptors (Lipinski definition) is 14. The molecule has 0 radical (unpaired) electrons. The molecule has 18 heteroatoms. The number of carbonyl (C=O) groups excluding carboxylic acids is 4. The molecule has 0 spiro atoms. The quantitative estimate of drug-likeness (QED) is 0.0689. The first kappa shape index (κ1) is 57.8. The van der Waals surface area contributed by atoms with Crippen molar-refractivity contribution < 1.29 is 63.3 Å². The van der Waals surface area contributed by atoms with Gasteiger partial charge in [0.05, 0.1) is 5.82 Å². The summed E-state index contributed by atoms with van der Waals surface area (Å²) in [4.78, 5) is 63.4. The summed E-state index contributed by atoms with van der Waals surface area (Å²) in [7, 11) is 0. The Morgan fingerprint density at radius 3 is 1.51 bits per heavy atom. The van der Waals surface area contributed by atoms with Crippen LogP contribution in [-0.2, 0) is 38.2 Å². The van der Waals surface area contributed by atoms with Gasteiger partial charge in [0.2, 0.25) is 35.2 Å². The number of nitrogens with two attached hydrogens (primary N) is 1. The molecule has 2 aliphatic carbocycles. The second kappa shape index (κ2) is 24.9. The number of aromatic nitrogens is 6. The smallest absolute Gasteiger partial charge is 0.870 e. The summed E-state index contributed by atoms with van der Waals surface area (Å²) in [6.07, 6.45) is 7.83. The molecule has 2 aromatic carbocycles. The summed E-state index contributed by atoms with van der Waals surface area (Å²) in [6.45, 7) is 20.5. The predicted molar refractivity (Wildman–Crippen MR) is 261 cm³/mol. The number of amides is 2. The Kier molecular flexibility index (Phi) is 20.8. The van der Waals surface area contributed by atoms with Crippen LogP contribution in [0.3, 0.4) is 0 Å². The van der Waals surface area contributed by atoms with Crippen LogP contribution in [0.4, 0.5) is 11.6 Å². The largest absolute Gasteiger partial charge is 1.00 e. The molecule has 4 atom stereocenters. The van der Waals surface area contributed by atoms with E-state index < -0.39 is 0 Å². The topological polar surface area (TPSA) is 252 Å². The van der Waals surface area contributed by atoms with Crippen molar-refractivity contribution in [2.45, 2.75) is 112 Å². The molecular formula is C51H62ClN9NaO7-. The third-order valence-electron chi connectivity index (χ3n) is 11.6.